The van der Waals surface area contributed by atoms with Crippen LogP contribution in [-0.2, 0) is 32.2 Å². The van der Waals surface area contributed by atoms with Gasteiger partial charge in [0.1, 0.15) is 12.3 Å². The molecule has 0 fully saturated rings. The van der Waals surface area contributed by atoms with Crippen molar-refractivity contribution in [1.29, 1.82) is 0 Å². The molecule has 0 aliphatic heterocycles. The first-order chi connectivity index (χ1) is 11.6. The highest BCUT2D eigenvalue weighted by molar-refractivity contribution is 7.85. The molecular weight excluding hydrogens is 397 g/mol. The summed E-state index contributed by atoms with van der Waals surface area (Å²) in [4.78, 5) is 21.5. The molecule has 1 aromatic heterocycles. The number of hydrogen-bond donors (Lipinski definition) is 1. The smallest absolute Gasteiger partial charge is 0.358 e. The quantitative estimate of drug-likeness (QED) is 0.298. The number of nitrogens with one attached hydrogen (secondary N) is 1. The predicted molar refractivity (Wildman–Crippen MR) is 74.7 cm³/mol. The van der Waals surface area contributed by atoms with Gasteiger partial charge in [-0.1, -0.05) is 0 Å². The van der Waals surface area contributed by atoms with E-state index in [9.17, 15) is 45.3 Å². The second-order valence-electron chi connectivity index (χ2n) is 4.97. The number of hydrogen-bond acceptors (Lipinski definition) is 6. The van der Waals surface area contributed by atoms with Crippen molar-refractivity contribution in [3.05, 3.63) is 27.9 Å². The number of amides is 1. The van der Waals surface area contributed by atoms with Gasteiger partial charge in [-0.05, 0) is 11.0 Å². The lowest BCUT2D eigenvalue weighted by Crippen LogP contribution is -2.47. The number of nitro groups is 1. The van der Waals surface area contributed by atoms with Gasteiger partial charge in [0.15, 0.2) is 6.54 Å². The molecule has 0 aromatic carbocycles. The summed E-state index contributed by atoms with van der Waals surface area (Å²) in [5.41, 5.74) is -0.181. The van der Waals surface area contributed by atoms with E-state index in [0.717, 1.165) is 12.1 Å². The zero-order valence-corrected chi connectivity index (χ0v) is 13.7. The van der Waals surface area contributed by atoms with E-state index in [0.29, 0.717) is 10.8 Å². The van der Waals surface area contributed by atoms with Crippen LogP contribution in [0.2, 0.25) is 0 Å². The molecule has 0 aliphatic carbocycles. The number of carbonyl (C=O) groups is 1. The molecule has 15 heteroatoms. The van der Waals surface area contributed by atoms with Crippen molar-refractivity contribution in [3.63, 3.8) is 0 Å². The lowest BCUT2D eigenvalue weighted by Gasteiger charge is -2.19. The number of alkyl halides is 5. The molecule has 0 spiro atoms. The molecule has 0 atom stereocenters. The van der Waals surface area contributed by atoms with Crippen LogP contribution in [-0.4, -0.2) is 48.7 Å². The number of rotatable bonds is 8. The Morgan fingerprint density at radius 2 is 1.88 bits per heavy atom. The molecule has 1 heterocycles. The van der Waals surface area contributed by atoms with E-state index in [-0.39, 0.29) is 5.69 Å². The van der Waals surface area contributed by atoms with E-state index in [1.165, 1.54) is 5.32 Å². The van der Waals surface area contributed by atoms with E-state index in [4.69, 9.17) is 0 Å². The lowest BCUT2D eigenvalue weighted by molar-refractivity contribution is -0.392. The number of nitrogens with zero attached hydrogens (tertiary/aromatic N) is 2. The molecule has 0 aliphatic rings. The standard InChI is InChI=1S/C11H12F5N3O6S/c1-26(23,24)25-5-7-2-3-9(19(21)22)18(7)4-8(20)17-6-10(12,13)11(14,15)16/h2-3H,4-6H2,1H3,(H,17,20). The fourth-order valence-electron chi connectivity index (χ4n) is 1.64. The Hall–Kier alpha value is -2.29. The molecule has 26 heavy (non-hydrogen) atoms. The molecule has 1 N–H and O–H groups in total. The zero-order valence-electron chi connectivity index (χ0n) is 12.9. The molecule has 0 radical (unpaired) electrons. The van der Waals surface area contributed by atoms with Crippen LogP contribution in [0.5, 0.6) is 0 Å². The third kappa shape index (κ3) is 5.91. The summed E-state index contributed by atoms with van der Waals surface area (Å²) in [6, 6.07) is 1.93. The third-order valence-corrected chi connectivity index (χ3v) is 3.43. The van der Waals surface area contributed by atoms with E-state index in [1.807, 2.05) is 0 Å². The van der Waals surface area contributed by atoms with Crippen molar-refractivity contribution in [3.8, 4) is 0 Å². The first-order valence-electron chi connectivity index (χ1n) is 6.52. The summed E-state index contributed by atoms with van der Waals surface area (Å²) in [5.74, 6) is -7.28. The molecule has 0 unspecified atom stereocenters. The first kappa shape index (κ1) is 21.8. The van der Waals surface area contributed by atoms with Crippen molar-refractivity contribution in [1.82, 2.24) is 9.88 Å². The van der Waals surface area contributed by atoms with Gasteiger partial charge in [0.25, 0.3) is 16.0 Å². The van der Waals surface area contributed by atoms with Crippen molar-refractivity contribution in [2.24, 2.45) is 0 Å². The van der Waals surface area contributed by atoms with Gasteiger partial charge in [-0.15, -0.1) is 0 Å². The van der Waals surface area contributed by atoms with Crippen molar-refractivity contribution >= 4 is 21.8 Å². The summed E-state index contributed by atoms with van der Waals surface area (Å²) in [5, 5.41) is 12.2. The van der Waals surface area contributed by atoms with E-state index >= 15 is 0 Å². The summed E-state index contributed by atoms with van der Waals surface area (Å²) in [7, 11) is -3.93. The van der Waals surface area contributed by atoms with E-state index in [2.05, 4.69) is 4.18 Å². The second kappa shape index (κ2) is 7.53. The topological polar surface area (TPSA) is 121 Å². The van der Waals surface area contributed by atoms with Gasteiger partial charge >= 0.3 is 17.9 Å². The first-order valence-corrected chi connectivity index (χ1v) is 8.34. The van der Waals surface area contributed by atoms with Crippen LogP contribution >= 0.6 is 0 Å². The van der Waals surface area contributed by atoms with Gasteiger partial charge < -0.3 is 15.4 Å². The van der Waals surface area contributed by atoms with Gasteiger partial charge in [-0.25, -0.2) is 4.57 Å². The van der Waals surface area contributed by atoms with E-state index in [1.54, 1.807) is 0 Å². The largest absolute Gasteiger partial charge is 0.455 e. The maximum Gasteiger partial charge on any atom is 0.455 e. The Bertz CT molecular complexity index is 789. The molecule has 1 rings (SSSR count). The normalized spacial score (nSPS) is 12.8. The number of halogens is 5. The molecule has 0 saturated carbocycles. The SMILES string of the molecule is CS(=O)(=O)OCc1ccc([N+](=O)[O-])n1CC(=O)NCC(F)(F)C(F)(F)F. The van der Waals surface area contributed by atoms with Gasteiger partial charge in [-0.3, -0.25) is 8.98 Å². The minimum Gasteiger partial charge on any atom is -0.358 e. The Labute approximate surface area is 143 Å². The second-order valence-corrected chi connectivity index (χ2v) is 6.62. The summed E-state index contributed by atoms with van der Waals surface area (Å²) >= 11 is 0. The average Bonchev–Trinajstić information content (AvgIpc) is 2.84. The predicted octanol–water partition coefficient (Wildman–Crippen LogP) is 1.19. The van der Waals surface area contributed by atoms with Gasteiger partial charge in [-0.2, -0.15) is 30.4 Å². The van der Waals surface area contributed by atoms with Crippen molar-refractivity contribution < 1.29 is 44.3 Å². The summed E-state index contributed by atoms with van der Waals surface area (Å²) in [6.07, 6.45) is -5.19. The molecule has 1 aromatic rings. The highest BCUT2D eigenvalue weighted by atomic mass is 32.2. The number of aromatic nitrogens is 1. The van der Waals surface area contributed by atoms with Crippen LogP contribution in [0, 0.1) is 10.1 Å². The summed E-state index contributed by atoms with van der Waals surface area (Å²) < 4.78 is 88.6. The zero-order chi connectivity index (χ0) is 20.3. The third-order valence-electron chi connectivity index (χ3n) is 2.88. The molecular formula is C11H12F5N3O6S. The molecule has 0 saturated heterocycles. The molecule has 9 nitrogen and oxygen atoms in total. The fraction of sp³-hybridized carbons (Fsp3) is 0.545. The van der Waals surface area contributed by atoms with Crippen LogP contribution in [0.3, 0.4) is 0 Å². The van der Waals surface area contributed by atoms with Gasteiger partial charge in [0.2, 0.25) is 0 Å². The Morgan fingerprint density at radius 1 is 1.31 bits per heavy atom. The van der Waals surface area contributed by atoms with Crippen LogP contribution in [0.15, 0.2) is 12.1 Å². The Balaban J connectivity index is 2.91. The Kier molecular flexibility index (Phi) is 6.30. The minimum absolute atomic E-state index is 0.181. The van der Waals surface area contributed by atoms with E-state index < -0.39 is 58.6 Å². The van der Waals surface area contributed by atoms with Crippen LogP contribution in [0.4, 0.5) is 27.8 Å². The van der Waals surface area contributed by atoms with Crippen molar-refractivity contribution in [2.45, 2.75) is 25.3 Å². The molecule has 1 amide bonds. The number of carbonyl (C=O) groups excluding carboxylic acids is 1. The fourth-order valence-corrected chi connectivity index (χ4v) is 1.98. The Morgan fingerprint density at radius 3 is 2.35 bits per heavy atom. The van der Waals surface area contributed by atoms with Crippen LogP contribution in [0.25, 0.3) is 0 Å². The minimum atomic E-state index is -5.88. The average molecular weight is 409 g/mol. The van der Waals surface area contributed by atoms with Gasteiger partial charge in [0.05, 0.1) is 12.8 Å². The van der Waals surface area contributed by atoms with Crippen LogP contribution < -0.4 is 5.32 Å². The molecule has 148 valence electrons. The monoisotopic (exact) mass is 409 g/mol. The summed E-state index contributed by atoms with van der Waals surface area (Å²) in [6.45, 7) is -3.77. The maximum absolute atomic E-state index is 12.8. The highest BCUT2D eigenvalue weighted by Crippen LogP contribution is 2.34. The van der Waals surface area contributed by atoms with Crippen molar-refractivity contribution in [2.75, 3.05) is 12.8 Å². The lowest BCUT2D eigenvalue weighted by atomic mass is 10.3. The van der Waals surface area contributed by atoms with Gasteiger partial charge in [0, 0.05) is 6.07 Å². The van der Waals surface area contributed by atoms with Crippen LogP contribution in [0.1, 0.15) is 5.69 Å². The molecule has 0 bridgehead atoms. The maximum atomic E-state index is 12.8. The highest BCUT2D eigenvalue weighted by Gasteiger charge is 2.57.